The van der Waals surface area contributed by atoms with Gasteiger partial charge in [-0.3, -0.25) is 0 Å². The number of hydrazone groups is 1. The van der Waals surface area contributed by atoms with Crippen LogP contribution in [0.5, 0.6) is 0 Å². The summed E-state index contributed by atoms with van der Waals surface area (Å²) < 4.78 is 0. The third-order valence-corrected chi connectivity index (χ3v) is 6.95. The molecule has 0 aromatic heterocycles. The van der Waals surface area contributed by atoms with Crippen molar-refractivity contribution in [1.82, 2.24) is 5.01 Å². The summed E-state index contributed by atoms with van der Waals surface area (Å²) >= 11 is 18.1. The Hall–Kier alpha value is -2.66. The second-order valence-corrected chi connectivity index (χ2v) is 9.60. The third kappa shape index (κ3) is 4.84. The molecule has 6 heteroatoms. The molecule has 1 aliphatic heterocycles. The number of hydrogen-bond donors (Lipinski definition) is 1. The molecule has 0 bridgehead atoms. The fourth-order valence-corrected chi connectivity index (χ4v) is 5.15. The van der Waals surface area contributed by atoms with Gasteiger partial charge in [-0.2, -0.15) is 5.10 Å². The van der Waals surface area contributed by atoms with Crippen molar-refractivity contribution < 1.29 is 0 Å². The van der Waals surface area contributed by atoms with Crippen LogP contribution in [-0.4, -0.2) is 15.8 Å². The normalized spacial score (nSPS) is 21.0. The summed E-state index contributed by atoms with van der Waals surface area (Å²) in [4.78, 5) is 0. The van der Waals surface area contributed by atoms with Gasteiger partial charge in [-0.25, -0.2) is 5.01 Å². The van der Waals surface area contributed by atoms with E-state index in [0.717, 1.165) is 51.8 Å². The minimum Gasteiger partial charge on any atom is -0.331 e. The van der Waals surface area contributed by atoms with Crippen molar-refractivity contribution in [1.29, 1.82) is 0 Å². The molecule has 1 aliphatic carbocycles. The van der Waals surface area contributed by atoms with Gasteiger partial charge in [0.25, 0.3) is 0 Å². The molecular weight excluding hydrogens is 469 g/mol. The first-order valence-electron chi connectivity index (χ1n) is 11.0. The van der Waals surface area contributed by atoms with Crippen molar-refractivity contribution in [2.24, 2.45) is 11.0 Å². The fourth-order valence-electron chi connectivity index (χ4n) is 4.62. The Morgan fingerprint density at radius 3 is 2.30 bits per heavy atom. The van der Waals surface area contributed by atoms with Crippen LogP contribution < -0.4 is 5.32 Å². The first-order chi connectivity index (χ1) is 16.1. The number of allylic oxidation sites excluding steroid dienone is 1. The van der Waals surface area contributed by atoms with Gasteiger partial charge in [0.15, 0.2) is 5.11 Å². The molecule has 5 rings (SSSR count). The largest absolute Gasteiger partial charge is 0.331 e. The van der Waals surface area contributed by atoms with Crippen molar-refractivity contribution in [2.45, 2.75) is 25.3 Å². The highest BCUT2D eigenvalue weighted by Crippen LogP contribution is 2.44. The zero-order valence-corrected chi connectivity index (χ0v) is 20.2. The molecular formula is C27H23Cl2N3S. The predicted molar refractivity (Wildman–Crippen MR) is 143 cm³/mol. The van der Waals surface area contributed by atoms with Gasteiger partial charge >= 0.3 is 0 Å². The van der Waals surface area contributed by atoms with Crippen LogP contribution in [-0.2, 0) is 0 Å². The van der Waals surface area contributed by atoms with Crippen LogP contribution in [0.3, 0.4) is 0 Å². The van der Waals surface area contributed by atoms with E-state index >= 15 is 0 Å². The molecule has 2 atom stereocenters. The van der Waals surface area contributed by atoms with Crippen LogP contribution in [0.2, 0.25) is 10.0 Å². The molecule has 1 N–H and O–H groups in total. The number of rotatable bonds is 3. The molecule has 0 spiro atoms. The van der Waals surface area contributed by atoms with E-state index in [1.807, 2.05) is 71.7 Å². The highest BCUT2D eigenvalue weighted by atomic mass is 35.5. The second-order valence-electron chi connectivity index (χ2n) is 8.34. The van der Waals surface area contributed by atoms with Crippen LogP contribution in [0, 0.1) is 5.92 Å². The van der Waals surface area contributed by atoms with Crippen molar-refractivity contribution in [2.75, 3.05) is 5.32 Å². The number of thiocarbonyl (C=S) groups is 1. The molecule has 0 saturated heterocycles. The number of nitrogens with one attached hydrogen (secondary N) is 1. The average molecular weight is 492 g/mol. The first-order valence-corrected chi connectivity index (χ1v) is 12.2. The maximum Gasteiger partial charge on any atom is 0.194 e. The molecule has 3 aromatic carbocycles. The average Bonchev–Trinajstić information content (AvgIpc) is 3.23. The zero-order valence-electron chi connectivity index (χ0n) is 17.9. The smallest absolute Gasteiger partial charge is 0.194 e. The SMILES string of the molecule is S=C(Nc1ccccc1)N1N=C2/C(=C\c3ccc(Cl)cc3)CCCC2C1c1ccc(Cl)cc1. The first kappa shape index (κ1) is 22.1. The highest BCUT2D eigenvalue weighted by molar-refractivity contribution is 7.80. The molecule has 0 amide bonds. The van der Waals surface area contributed by atoms with E-state index in [2.05, 4.69) is 23.5 Å². The van der Waals surface area contributed by atoms with Gasteiger partial charge in [0, 0.05) is 21.7 Å². The molecule has 2 aliphatic rings. The number of fused-ring (bicyclic) bond motifs is 1. The minimum atomic E-state index is 0.0231. The quantitative estimate of drug-likeness (QED) is 0.376. The lowest BCUT2D eigenvalue weighted by Crippen LogP contribution is -2.34. The molecule has 2 unspecified atom stereocenters. The number of anilines is 1. The van der Waals surface area contributed by atoms with Crippen molar-refractivity contribution in [3.63, 3.8) is 0 Å². The van der Waals surface area contributed by atoms with Gasteiger partial charge in [-0.15, -0.1) is 0 Å². The lowest BCUT2D eigenvalue weighted by atomic mass is 9.77. The maximum absolute atomic E-state index is 6.19. The van der Waals surface area contributed by atoms with E-state index in [9.17, 15) is 0 Å². The van der Waals surface area contributed by atoms with E-state index in [-0.39, 0.29) is 12.0 Å². The Kier molecular flexibility index (Phi) is 6.50. The van der Waals surface area contributed by atoms with Gasteiger partial charge in [0.1, 0.15) is 0 Å². The molecule has 3 nitrogen and oxygen atoms in total. The van der Waals surface area contributed by atoms with Gasteiger partial charge in [-0.1, -0.05) is 65.7 Å². The predicted octanol–water partition coefficient (Wildman–Crippen LogP) is 7.99. The van der Waals surface area contributed by atoms with Crippen LogP contribution in [0.1, 0.15) is 36.4 Å². The monoisotopic (exact) mass is 491 g/mol. The van der Waals surface area contributed by atoms with Crippen molar-refractivity contribution in [3.8, 4) is 0 Å². The summed E-state index contributed by atoms with van der Waals surface area (Å²) in [6, 6.07) is 26.0. The third-order valence-electron chi connectivity index (χ3n) is 6.16. The summed E-state index contributed by atoms with van der Waals surface area (Å²) in [5.74, 6) is 0.258. The Labute approximate surface area is 209 Å². The number of para-hydroxylation sites is 1. The molecule has 0 radical (unpaired) electrons. The summed E-state index contributed by atoms with van der Waals surface area (Å²) in [6.45, 7) is 0. The molecule has 1 saturated carbocycles. The summed E-state index contributed by atoms with van der Waals surface area (Å²) in [7, 11) is 0. The van der Waals surface area contributed by atoms with E-state index in [4.69, 9.17) is 40.5 Å². The van der Waals surface area contributed by atoms with Crippen LogP contribution in [0.15, 0.2) is 89.5 Å². The number of nitrogens with zero attached hydrogens (tertiary/aromatic N) is 2. The standard InChI is InChI=1S/C27H23Cl2N3S/c28-21-13-9-18(10-14-21)17-20-5-4-8-24-25(20)31-32(26(24)19-11-15-22(29)16-12-19)27(33)30-23-6-2-1-3-7-23/h1-3,6-7,9-17,24,26H,4-5,8H2,(H,30,33)/b20-17-. The number of hydrogen-bond acceptors (Lipinski definition) is 2. The molecule has 3 aromatic rings. The Balaban J connectivity index is 1.52. The van der Waals surface area contributed by atoms with E-state index in [1.165, 1.54) is 5.57 Å². The number of halogens is 2. The van der Waals surface area contributed by atoms with Crippen LogP contribution in [0.25, 0.3) is 6.08 Å². The Bertz CT molecular complexity index is 1200. The fraction of sp³-hybridized carbons (Fsp3) is 0.185. The molecule has 33 heavy (non-hydrogen) atoms. The highest BCUT2D eigenvalue weighted by Gasteiger charge is 2.42. The summed E-state index contributed by atoms with van der Waals surface area (Å²) in [6.07, 6.45) is 5.41. The lowest BCUT2D eigenvalue weighted by molar-refractivity contribution is 0.307. The molecule has 166 valence electrons. The Morgan fingerprint density at radius 1 is 0.939 bits per heavy atom. The van der Waals surface area contributed by atoms with Gasteiger partial charge in [-0.05, 0) is 90.7 Å². The van der Waals surface area contributed by atoms with Crippen molar-refractivity contribution >= 4 is 58.0 Å². The van der Waals surface area contributed by atoms with Crippen molar-refractivity contribution in [3.05, 3.63) is 106 Å². The van der Waals surface area contributed by atoms with Gasteiger partial charge in [0.2, 0.25) is 0 Å². The summed E-state index contributed by atoms with van der Waals surface area (Å²) in [5, 5.41) is 12.5. The topological polar surface area (TPSA) is 27.6 Å². The lowest BCUT2D eigenvalue weighted by Gasteiger charge is -2.31. The minimum absolute atomic E-state index is 0.0231. The molecule has 1 heterocycles. The van der Waals surface area contributed by atoms with Crippen LogP contribution in [0.4, 0.5) is 5.69 Å². The number of benzene rings is 3. The second kappa shape index (κ2) is 9.68. The summed E-state index contributed by atoms with van der Waals surface area (Å²) in [5.41, 5.74) is 5.62. The van der Waals surface area contributed by atoms with Crippen LogP contribution >= 0.6 is 35.4 Å². The van der Waals surface area contributed by atoms with Gasteiger partial charge < -0.3 is 5.32 Å². The molecule has 1 fully saturated rings. The van der Waals surface area contributed by atoms with E-state index in [1.54, 1.807) is 0 Å². The van der Waals surface area contributed by atoms with Gasteiger partial charge in [0.05, 0.1) is 11.8 Å². The Morgan fingerprint density at radius 2 is 1.61 bits per heavy atom. The van der Waals surface area contributed by atoms with E-state index < -0.39 is 0 Å². The van der Waals surface area contributed by atoms with E-state index in [0.29, 0.717) is 5.11 Å². The zero-order chi connectivity index (χ0) is 22.8. The maximum atomic E-state index is 6.19.